The van der Waals surface area contributed by atoms with Crippen LogP contribution in [0.2, 0.25) is 18.1 Å². The number of hydrogen-bond acceptors (Lipinski definition) is 4. The van der Waals surface area contributed by atoms with Crippen molar-refractivity contribution in [1.29, 1.82) is 5.26 Å². The van der Waals surface area contributed by atoms with Crippen molar-refractivity contribution in [2.24, 2.45) is 0 Å². The van der Waals surface area contributed by atoms with E-state index in [0.717, 1.165) is 0 Å². The van der Waals surface area contributed by atoms with Crippen molar-refractivity contribution in [2.75, 3.05) is 7.11 Å². The number of methoxy groups -OCH3 is 1. The molecule has 0 amide bonds. The third-order valence-corrected chi connectivity index (χ3v) is 7.74. The Balaban J connectivity index is 4.66. The molecule has 0 saturated carbocycles. The van der Waals surface area contributed by atoms with Crippen molar-refractivity contribution in [2.45, 2.75) is 57.8 Å². The number of hydrogen-bond donors (Lipinski definition) is 0. The summed E-state index contributed by atoms with van der Waals surface area (Å²) < 4.78 is 10.6. The van der Waals surface area contributed by atoms with Crippen LogP contribution in [0.4, 0.5) is 0 Å². The highest BCUT2D eigenvalue weighted by atomic mass is 28.4. The van der Waals surface area contributed by atoms with Crippen molar-refractivity contribution >= 4 is 14.3 Å². The van der Waals surface area contributed by atoms with E-state index in [9.17, 15) is 4.79 Å². The maximum atomic E-state index is 11.2. The quantitative estimate of drug-likeness (QED) is 0.561. The highest BCUT2D eigenvalue weighted by Crippen LogP contribution is 2.37. The van der Waals surface area contributed by atoms with Crippen LogP contribution >= 0.6 is 0 Å². The molecule has 0 aromatic heterocycles. The van der Waals surface area contributed by atoms with E-state index in [-0.39, 0.29) is 30.0 Å². The summed E-state index contributed by atoms with van der Waals surface area (Å²) in [5.74, 6) is -0.330. The zero-order chi connectivity index (χ0) is 13.7. The average molecular weight is 257 g/mol. The molecule has 0 aromatic rings. The van der Waals surface area contributed by atoms with Crippen LogP contribution in [0.25, 0.3) is 0 Å². The molecule has 0 spiro atoms. The first-order chi connectivity index (χ1) is 7.64. The first-order valence-corrected chi connectivity index (χ1v) is 8.66. The standard InChI is InChI=1S/C12H23NO3Si/c1-12(2,3)17(5,6)16-10(7-8-13)9-11(14)15-4/h10H,7,9H2,1-6H3. The Hall–Kier alpha value is -0.863. The molecular formula is C12H23NO3Si. The molecule has 4 nitrogen and oxygen atoms in total. The van der Waals surface area contributed by atoms with E-state index in [4.69, 9.17) is 9.69 Å². The largest absolute Gasteiger partial charge is 0.469 e. The highest BCUT2D eigenvalue weighted by molar-refractivity contribution is 6.74. The van der Waals surface area contributed by atoms with E-state index in [0.29, 0.717) is 0 Å². The Labute approximate surface area is 105 Å². The minimum atomic E-state index is -1.94. The van der Waals surface area contributed by atoms with Crippen molar-refractivity contribution in [3.8, 4) is 6.07 Å². The average Bonchev–Trinajstić information content (AvgIpc) is 2.15. The third-order valence-electron chi connectivity index (χ3n) is 3.21. The molecule has 0 heterocycles. The second-order valence-electron chi connectivity index (χ2n) is 5.64. The summed E-state index contributed by atoms with van der Waals surface area (Å²) in [5.41, 5.74) is 0. The minimum Gasteiger partial charge on any atom is -0.469 e. The number of carbonyl (C=O) groups is 1. The van der Waals surface area contributed by atoms with Crippen LogP contribution < -0.4 is 0 Å². The summed E-state index contributed by atoms with van der Waals surface area (Å²) in [6.07, 6.45) is 0.0198. The summed E-state index contributed by atoms with van der Waals surface area (Å²) in [5, 5.41) is 8.82. The van der Waals surface area contributed by atoms with E-state index in [1.165, 1.54) is 7.11 Å². The SMILES string of the molecule is COC(=O)CC(CC#N)O[Si](C)(C)C(C)(C)C. The molecule has 0 aliphatic rings. The summed E-state index contributed by atoms with van der Waals surface area (Å²) in [4.78, 5) is 11.2. The second kappa shape index (κ2) is 6.17. The topological polar surface area (TPSA) is 59.3 Å². The normalized spacial score (nSPS) is 13.9. The Morgan fingerprint density at radius 1 is 1.41 bits per heavy atom. The molecule has 0 N–H and O–H groups in total. The van der Waals surface area contributed by atoms with Crippen LogP contribution in [0.15, 0.2) is 0 Å². The summed E-state index contributed by atoms with van der Waals surface area (Å²) in [7, 11) is -0.598. The van der Waals surface area contributed by atoms with Gasteiger partial charge >= 0.3 is 5.97 Å². The monoisotopic (exact) mass is 257 g/mol. The van der Waals surface area contributed by atoms with E-state index >= 15 is 0 Å². The van der Waals surface area contributed by atoms with E-state index in [1.54, 1.807) is 0 Å². The molecule has 0 rings (SSSR count). The summed E-state index contributed by atoms with van der Waals surface area (Å²) in [6.45, 7) is 10.6. The predicted molar refractivity (Wildman–Crippen MR) is 68.9 cm³/mol. The van der Waals surface area contributed by atoms with Crippen LogP contribution in [0.3, 0.4) is 0 Å². The molecule has 1 unspecified atom stereocenters. The third kappa shape index (κ3) is 5.33. The molecule has 0 bridgehead atoms. The van der Waals surface area contributed by atoms with E-state index in [2.05, 4.69) is 44.7 Å². The number of carbonyl (C=O) groups excluding carboxylic acids is 1. The molecule has 0 aliphatic heterocycles. The van der Waals surface area contributed by atoms with Gasteiger partial charge in [-0.2, -0.15) is 5.26 Å². The number of nitriles is 1. The van der Waals surface area contributed by atoms with Gasteiger partial charge in [0, 0.05) is 0 Å². The van der Waals surface area contributed by atoms with Crippen molar-refractivity contribution in [1.82, 2.24) is 0 Å². The van der Waals surface area contributed by atoms with Gasteiger partial charge in [0.2, 0.25) is 0 Å². The lowest BCUT2D eigenvalue weighted by Crippen LogP contribution is -2.44. The molecule has 0 radical (unpaired) electrons. The zero-order valence-corrected chi connectivity index (χ0v) is 12.7. The summed E-state index contributed by atoms with van der Waals surface area (Å²) in [6, 6.07) is 2.06. The van der Waals surface area contributed by atoms with Gasteiger partial charge in [-0.1, -0.05) is 20.8 Å². The number of rotatable bonds is 5. The van der Waals surface area contributed by atoms with Gasteiger partial charge < -0.3 is 9.16 Å². The van der Waals surface area contributed by atoms with Gasteiger partial charge in [0.15, 0.2) is 8.32 Å². The lowest BCUT2D eigenvalue weighted by molar-refractivity contribution is -0.142. The maximum Gasteiger partial charge on any atom is 0.308 e. The number of nitrogens with zero attached hydrogens (tertiary/aromatic N) is 1. The van der Waals surface area contributed by atoms with E-state index < -0.39 is 8.32 Å². The van der Waals surface area contributed by atoms with Crippen molar-refractivity contribution < 1.29 is 14.0 Å². The van der Waals surface area contributed by atoms with Gasteiger partial charge in [0.25, 0.3) is 0 Å². The fraction of sp³-hybridized carbons (Fsp3) is 0.833. The fourth-order valence-electron chi connectivity index (χ4n) is 1.12. The highest BCUT2D eigenvalue weighted by Gasteiger charge is 2.39. The Morgan fingerprint density at radius 2 is 1.94 bits per heavy atom. The smallest absolute Gasteiger partial charge is 0.308 e. The predicted octanol–water partition coefficient (Wildman–Crippen LogP) is 2.85. The van der Waals surface area contributed by atoms with Gasteiger partial charge in [-0.05, 0) is 18.1 Å². The van der Waals surface area contributed by atoms with Crippen LogP contribution in [0.1, 0.15) is 33.6 Å². The lowest BCUT2D eigenvalue weighted by Gasteiger charge is -2.38. The van der Waals surface area contributed by atoms with E-state index in [1.807, 2.05) is 0 Å². The maximum absolute atomic E-state index is 11.2. The van der Waals surface area contributed by atoms with Gasteiger partial charge in [-0.15, -0.1) is 0 Å². The molecule has 0 fully saturated rings. The molecule has 0 aromatic carbocycles. The van der Waals surface area contributed by atoms with Gasteiger partial charge in [0.1, 0.15) is 0 Å². The van der Waals surface area contributed by atoms with Crippen LogP contribution in [-0.4, -0.2) is 27.5 Å². The van der Waals surface area contributed by atoms with Gasteiger partial charge in [-0.3, -0.25) is 4.79 Å². The minimum absolute atomic E-state index is 0.0663. The van der Waals surface area contributed by atoms with Gasteiger partial charge in [-0.25, -0.2) is 0 Å². The molecule has 98 valence electrons. The van der Waals surface area contributed by atoms with Gasteiger partial charge in [0.05, 0.1) is 32.1 Å². The molecule has 0 aliphatic carbocycles. The Bertz CT molecular complexity index is 302. The van der Waals surface area contributed by atoms with Crippen LogP contribution in [0.5, 0.6) is 0 Å². The molecular weight excluding hydrogens is 234 g/mol. The van der Waals surface area contributed by atoms with Crippen LogP contribution in [-0.2, 0) is 14.0 Å². The first kappa shape index (κ1) is 16.1. The fourth-order valence-corrected chi connectivity index (χ4v) is 2.47. The molecule has 5 heteroatoms. The number of ether oxygens (including phenoxy) is 1. The van der Waals surface area contributed by atoms with Crippen LogP contribution in [0, 0.1) is 11.3 Å². The second-order valence-corrected chi connectivity index (χ2v) is 10.4. The zero-order valence-electron chi connectivity index (χ0n) is 11.7. The molecule has 0 saturated heterocycles. The summed E-state index contributed by atoms with van der Waals surface area (Å²) >= 11 is 0. The molecule has 17 heavy (non-hydrogen) atoms. The first-order valence-electron chi connectivity index (χ1n) is 5.75. The molecule has 1 atom stereocenters. The Kier molecular flexibility index (Phi) is 5.86. The lowest BCUT2D eigenvalue weighted by atomic mass is 10.2. The number of esters is 1. The van der Waals surface area contributed by atoms with Crippen molar-refractivity contribution in [3.63, 3.8) is 0 Å². The van der Waals surface area contributed by atoms with Crippen molar-refractivity contribution in [3.05, 3.63) is 0 Å². The Morgan fingerprint density at radius 3 is 2.29 bits per heavy atom.